The Bertz CT molecular complexity index is 1320. The monoisotopic (exact) mass is 427 g/mol. The summed E-state index contributed by atoms with van der Waals surface area (Å²) in [7, 11) is 0. The van der Waals surface area contributed by atoms with Gasteiger partial charge in [-0.2, -0.15) is 10.1 Å². The van der Waals surface area contributed by atoms with Crippen LogP contribution in [0.25, 0.3) is 22.2 Å². The molecular weight excluding hydrogens is 402 g/mol. The van der Waals surface area contributed by atoms with Crippen LogP contribution in [0.1, 0.15) is 32.6 Å². The Balaban J connectivity index is 1.46. The summed E-state index contributed by atoms with van der Waals surface area (Å²) >= 11 is 0. The zero-order chi connectivity index (χ0) is 21.7. The third-order valence-electron chi connectivity index (χ3n) is 6.41. The molecule has 0 saturated carbocycles. The van der Waals surface area contributed by atoms with Gasteiger partial charge in [-0.1, -0.05) is 19.1 Å². The van der Waals surface area contributed by atoms with E-state index in [1.54, 1.807) is 0 Å². The summed E-state index contributed by atoms with van der Waals surface area (Å²) in [6, 6.07) is 14.4. The molecule has 4 heterocycles. The molecule has 0 aliphatic carbocycles. The van der Waals surface area contributed by atoms with Crippen molar-refractivity contribution in [3.8, 4) is 22.8 Å². The molecule has 2 aliphatic heterocycles. The van der Waals surface area contributed by atoms with Crippen molar-refractivity contribution in [2.75, 3.05) is 22.5 Å². The molecule has 2 aromatic carbocycles. The molecule has 1 atom stereocenters. The van der Waals surface area contributed by atoms with Crippen LogP contribution < -0.4 is 20.7 Å². The van der Waals surface area contributed by atoms with E-state index < -0.39 is 0 Å². The topological polar surface area (TPSA) is 105 Å². The quantitative estimate of drug-likeness (QED) is 0.362. The van der Waals surface area contributed by atoms with E-state index >= 15 is 0 Å². The van der Waals surface area contributed by atoms with Crippen LogP contribution in [-0.2, 0) is 0 Å². The molecular formula is C24H25N7O. The third kappa shape index (κ3) is 3.10. The van der Waals surface area contributed by atoms with Gasteiger partial charge in [0.1, 0.15) is 11.6 Å². The van der Waals surface area contributed by atoms with Gasteiger partial charge in [0.25, 0.3) is 0 Å². The molecule has 0 amide bonds. The molecule has 8 nitrogen and oxygen atoms in total. The summed E-state index contributed by atoms with van der Waals surface area (Å²) in [4.78, 5) is 11.5. The second kappa shape index (κ2) is 7.40. The first-order chi connectivity index (χ1) is 15.7. The van der Waals surface area contributed by atoms with Crippen molar-refractivity contribution >= 4 is 34.2 Å². The van der Waals surface area contributed by atoms with Crippen molar-refractivity contribution in [1.29, 1.82) is 0 Å². The summed E-state index contributed by atoms with van der Waals surface area (Å²) in [6.45, 7) is 3.23. The maximum atomic E-state index is 6.30. The molecule has 162 valence electrons. The zero-order valence-corrected chi connectivity index (χ0v) is 17.9. The Hall–Kier alpha value is -3.81. The zero-order valence-electron chi connectivity index (χ0n) is 17.9. The van der Waals surface area contributed by atoms with Gasteiger partial charge in [0.15, 0.2) is 11.6 Å². The fourth-order valence-electron chi connectivity index (χ4n) is 4.82. The van der Waals surface area contributed by atoms with Crippen LogP contribution in [-0.4, -0.2) is 32.8 Å². The van der Waals surface area contributed by atoms with E-state index in [1.807, 2.05) is 42.5 Å². The van der Waals surface area contributed by atoms with Crippen molar-refractivity contribution in [1.82, 2.24) is 20.2 Å². The first-order valence-electron chi connectivity index (χ1n) is 11.2. The number of nitrogens with two attached hydrogens (primary N) is 1. The highest BCUT2D eigenvalue weighted by molar-refractivity contribution is 6.00. The number of rotatable bonds is 3. The van der Waals surface area contributed by atoms with Gasteiger partial charge in [-0.05, 0) is 49.9 Å². The minimum atomic E-state index is 0.280. The second-order valence-corrected chi connectivity index (χ2v) is 8.41. The SMILES string of the molecule is CCC1CCCCN1c1cc(-c2cc3c4c(n[nH]c4c2)Nc2ccccc2O3)nc(N)n1. The molecule has 6 rings (SSSR count). The van der Waals surface area contributed by atoms with Gasteiger partial charge in [-0.25, -0.2) is 4.98 Å². The number of fused-ring (bicyclic) bond motifs is 1. The number of anilines is 4. The Morgan fingerprint density at radius 2 is 2.03 bits per heavy atom. The molecule has 0 spiro atoms. The lowest BCUT2D eigenvalue weighted by Gasteiger charge is -2.36. The van der Waals surface area contributed by atoms with E-state index in [2.05, 4.69) is 37.3 Å². The van der Waals surface area contributed by atoms with Gasteiger partial charge in [0.2, 0.25) is 5.95 Å². The third-order valence-corrected chi connectivity index (χ3v) is 6.41. The lowest BCUT2D eigenvalue weighted by Crippen LogP contribution is -2.39. The molecule has 1 unspecified atom stereocenters. The van der Waals surface area contributed by atoms with Crippen LogP contribution >= 0.6 is 0 Å². The van der Waals surface area contributed by atoms with Gasteiger partial charge >= 0.3 is 0 Å². The highest BCUT2D eigenvalue weighted by Crippen LogP contribution is 2.44. The van der Waals surface area contributed by atoms with Crippen LogP contribution in [0.2, 0.25) is 0 Å². The number of nitrogens with one attached hydrogen (secondary N) is 2. The molecule has 8 heteroatoms. The summed E-state index contributed by atoms with van der Waals surface area (Å²) in [5.41, 5.74) is 9.60. The number of piperidine rings is 1. The number of benzene rings is 2. The first kappa shape index (κ1) is 18.9. The average molecular weight is 428 g/mol. The number of para-hydroxylation sites is 2. The Labute approximate surface area is 185 Å². The van der Waals surface area contributed by atoms with E-state index in [9.17, 15) is 0 Å². The van der Waals surface area contributed by atoms with Gasteiger partial charge in [-0.15, -0.1) is 0 Å². The fraction of sp³-hybridized carbons (Fsp3) is 0.292. The van der Waals surface area contributed by atoms with Crippen molar-refractivity contribution in [2.45, 2.75) is 38.6 Å². The summed E-state index contributed by atoms with van der Waals surface area (Å²) in [6.07, 6.45) is 4.70. The second-order valence-electron chi connectivity index (χ2n) is 8.41. The molecule has 1 fully saturated rings. The van der Waals surface area contributed by atoms with Crippen molar-refractivity contribution in [3.05, 3.63) is 42.5 Å². The summed E-state index contributed by atoms with van der Waals surface area (Å²) in [5.74, 6) is 3.40. The maximum Gasteiger partial charge on any atom is 0.222 e. The van der Waals surface area contributed by atoms with Crippen LogP contribution in [0, 0.1) is 0 Å². The van der Waals surface area contributed by atoms with Crippen molar-refractivity contribution < 1.29 is 4.74 Å². The largest absolute Gasteiger partial charge is 0.454 e. The number of H-pyrrole nitrogens is 1. The highest BCUT2D eigenvalue weighted by Gasteiger charge is 2.24. The van der Waals surface area contributed by atoms with Gasteiger partial charge in [0, 0.05) is 24.2 Å². The standard InChI is InChI=1S/C24H25N7O/c1-2-15-7-5-6-10-31(15)21-13-17(27-24(25)28-21)14-11-18-22-20(12-14)32-19-9-4-3-8-16(19)26-23(22)30-29-18/h3-4,8-9,11-13,15H,2,5-7,10H2,1H3,(H2,25,27,28)(H2,26,29,30). The van der Waals surface area contributed by atoms with Crippen LogP contribution in [0.5, 0.6) is 11.5 Å². The van der Waals surface area contributed by atoms with E-state index in [1.165, 1.54) is 19.3 Å². The predicted octanol–water partition coefficient (Wildman–Crippen LogP) is 5.22. The normalized spacial score (nSPS) is 17.4. The number of hydrogen-bond donors (Lipinski definition) is 3. The van der Waals surface area contributed by atoms with Crippen LogP contribution in [0.3, 0.4) is 0 Å². The lowest BCUT2D eigenvalue weighted by atomic mass is 10.00. The molecule has 2 aliphatic rings. The van der Waals surface area contributed by atoms with Crippen molar-refractivity contribution in [2.24, 2.45) is 0 Å². The Kier molecular flexibility index (Phi) is 4.38. The number of aromatic nitrogens is 4. The minimum absolute atomic E-state index is 0.280. The van der Waals surface area contributed by atoms with E-state index in [0.29, 0.717) is 6.04 Å². The summed E-state index contributed by atoms with van der Waals surface area (Å²) in [5, 5.41) is 11.9. The first-order valence-corrected chi connectivity index (χ1v) is 11.2. The van der Waals surface area contributed by atoms with E-state index in [4.69, 9.17) is 10.5 Å². The Morgan fingerprint density at radius 1 is 1.12 bits per heavy atom. The molecule has 4 N–H and O–H groups in total. The lowest BCUT2D eigenvalue weighted by molar-refractivity contribution is 0.447. The molecule has 32 heavy (non-hydrogen) atoms. The maximum absolute atomic E-state index is 6.30. The van der Waals surface area contributed by atoms with Crippen LogP contribution in [0.15, 0.2) is 42.5 Å². The van der Waals surface area contributed by atoms with E-state index in [-0.39, 0.29) is 5.95 Å². The van der Waals surface area contributed by atoms with Crippen molar-refractivity contribution in [3.63, 3.8) is 0 Å². The number of nitrogen functional groups attached to an aromatic ring is 1. The molecule has 2 aromatic heterocycles. The average Bonchev–Trinajstić information content (AvgIpc) is 3.14. The molecule has 4 aromatic rings. The number of ether oxygens (including phenoxy) is 1. The van der Waals surface area contributed by atoms with Gasteiger partial charge in [-0.3, -0.25) is 5.10 Å². The minimum Gasteiger partial charge on any atom is -0.454 e. The van der Waals surface area contributed by atoms with Crippen LogP contribution in [0.4, 0.5) is 23.3 Å². The number of aromatic amines is 1. The molecule has 0 radical (unpaired) electrons. The van der Waals surface area contributed by atoms with E-state index in [0.717, 1.165) is 63.9 Å². The molecule has 0 bridgehead atoms. The highest BCUT2D eigenvalue weighted by atomic mass is 16.5. The molecule has 1 saturated heterocycles. The van der Waals surface area contributed by atoms with Gasteiger partial charge in [0.05, 0.1) is 22.3 Å². The fourth-order valence-corrected chi connectivity index (χ4v) is 4.82. The predicted molar refractivity (Wildman–Crippen MR) is 127 cm³/mol. The van der Waals surface area contributed by atoms with Gasteiger partial charge < -0.3 is 20.7 Å². The summed E-state index contributed by atoms with van der Waals surface area (Å²) < 4.78 is 6.30. The Morgan fingerprint density at radius 3 is 2.94 bits per heavy atom. The number of nitrogens with zero attached hydrogens (tertiary/aromatic N) is 4. The number of hydrogen-bond acceptors (Lipinski definition) is 7. The smallest absolute Gasteiger partial charge is 0.222 e.